The lowest BCUT2D eigenvalue weighted by Crippen LogP contribution is -2.45. The minimum absolute atomic E-state index is 0.0167. The van der Waals surface area contributed by atoms with Crippen LogP contribution in [0.3, 0.4) is 0 Å². The summed E-state index contributed by atoms with van der Waals surface area (Å²) in [4.78, 5) is 51.4. The van der Waals surface area contributed by atoms with Crippen molar-refractivity contribution in [3.05, 3.63) is 20.8 Å². The second kappa shape index (κ2) is 8.28. The van der Waals surface area contributed by atoms with Crippen LogP contribution in [0.1, 0.15) is 65.2 Å². The number of carbonyl (C=O) groups excluding carboxylic acids is 2. The Morgan fingerprint density at radius 1 is 1.03 bits per heavy atom. The normalized spacial score (nSPS) is 25.2. The van der Waals surface area contributed by atoms with Crippen molar-refractivity contribution >= 4 is 23.4 Å². The van der Waals surface area contributed by atoms with E-state index in [1.807, 2.05) is 13.8 Å². The summed E-state index contributed by atoms with van der Waals surface area (Å²) < 4.78 is 7.49. The highest BCUT2D eigenvalue weighted by Gasteiger charge is 2.58. The number of nitrogen functional groups attached to an aromatic ring is 1. The van der Waals surface area contributed by atoms with Crippen LogP contribution in [-0.4, -0.2) is 28.1 Å². The van der Waals surface area contributed by atoms with E-state index < -0.39 is 22.1 Å². The van der Waals surface area contributed by atoms with Crippen molar-refractivity contribution < 1.29 is 14.3 Å². The highest BCUT2D eigenvalue weighted by Crippen LogP contribution is 2.59. The Balaban J connectivity index is 1.98. The molecule has 2 atom stereocenters. The summed E-state index contributed by atoms with van der Waals surface area (Å²) in [5.41, 5.74) is 3.73. The number of aromatic nitrogens is 2. The number of fused-ring (bicyclic) bond motifs is 2. The largest absolute Gasteiger partial charge is 0.469 e. The highest BCUT2D eigenvalue weighted by atomic mass is 16.5. The zero-order valence-electron chi connectivity index (χ0n) is 18.1. The smallest absolute Gasteiger partial charge is 0.332 e. The average Bonchev–Trinajstić information content (AvgIpc) is 3.03. The summed E-state index contributed by atoms with van der Waals surface area (Å²) in [7, 11) is 1.37. The van der Waals surface area contributed by atoms with Crippen molar-refractivity contribution in [1.82, 2.24) is 9.13 Å². The lowest BCUT2D eigenvalue weighted by Gasteiger charge is -2.36. The Morgan fingerprint density at radius 2 is 1.63 bits per heavy atom. The van der Waals surface area contributed by atoms with E-state index in [1.54, 1.807) is 0 Å². The second-order valence-corrected chi connectivity index (χ2v) is 8.69. The molecule has 1 aromatic rings. The molecule has 2 fully saturated rings. The van der Waals surface area contributed by atoms with Crippen LogP contribution in [0.25, 0.3) is 0 Å². The zero-order chi connectivity index (χ0) is 22.1. The maximum absolute atomic E-state index is 13.4. The molecule has 166 valence electrons. The van der Waals surface area contributed by atoms with E-state index in [0.29, 0.717) is 51.5 Å². The zero-order valence-corrected chi connectivity index (χ0v) is 18.1. The van der Waals surface area contributed by atoms with Gasteiger partial charge in [-0.25, -0.2) is 4.79 Å². The minimum atomic E-state index is -0.730. The van der Waals surface area contributed by atoms with Crippen LogP contribution < -0.4 is 22.3 Å². The summed E-state index contributed by atoms with van der Waals surface area (Å²) in [6, 6.07) is 0. The molecule has 0 aliphatic heterocycles. The molecule has 0 spiro atoms. The van der Waals surface area contributed by atoms with Gasteiger partial charge in [-0.15, -0.1) is 0 Å². The minimum Gasteiger partial charge on any atom is -0.469 e. The quantitative estimate of drug-likeness (QED) is 0.649. The predicted molar refractivity (Wildman–Crippen MR) is 113 cm³/mol. The fourth-order valence-electron chi connectivity index (χ4n) is 5.23. The molecule has 1 amide bonds. The Morgan fingerprint density at radius 3 is 2.27 bits per heavy atom. The number of rotatable bonds is 7. The van der Waals surface area contributed by atoms with Crippen molar-refractivity contribution in [3.8, 4) is 0 Å². The molecule has 1 heterocycles. The monoisotopic (exact) mass is 420 g/mol. The summed E-state index contributed by atoms with van der Waals surface area (Å²) in [5, 5.41) is 2.76. The van der Waals surface area contributed by atoms with Crippen LogP contribution in [0.4, 0.5) is 11.5 Å². The molecule has 0 aromatic carbocycles. The van der Waals surface area contributed by atoms with Crippen molar-refractivity contribution in [2.24, 2.45) is 10.8 Å². The molecule has 9 heteroatoms. The molecular weight excluding hydrogens is 388 g/mol. The third kappa shape index (κ3) is 3.44. The van der Waals surface area contributed by atoms with Crippen LogP contribution in [-0.2, 0) is 27.4 Å². The molecule has 2 aliphatic rings. The molecule has 9 nitrogen and oxygen atoms in total. The van der Waals surface area contributed by atoms with E-state index in [4.69, 9.17) is 10.5 Å². The third-order valence-electron chi connectivity index (χ3n) is 6.77. The van der Waals surface area contributed by atoms with Crippen LogP contribution in [0.5, 0.6) is 0 Å². The van der Waals surface area contributed by atoms with E-state index in [9.17, 15) is 19.2 Å². The van der Waals surface area contributed by atoms with Gasteiger partial charge < -0.3 is 15.8 Å². The van der Waals surface area contributed by atoms with Crippen LogP contribution in [0.2, 0.25) is 0 Å². The number of anilines is 2. The SMILES string of the molecule is CCCn1c(N)c(NC(=O)C23CCCC(C(=O)OC)(CC2)C3)c(=O)n(CCC)c1=O. The average molecular weight is 421 g/mol. The van der Waals surface area contributed by atoms with E-state index in [2.05, 4.69) is 5.32 Å². The van der Waals surface area contributed by atoms with Crippen LogP contribution in [0.15, 0.2) is 9.59 Å². The van der Waals surface area contributed by atoms with E-state index in [0.717, 1.165) is 11.0 Å². The first kappa shape index (κ1) is 22.1. The van der Waals surface area contributed by atoms with Gasteiger partial charge in [0.1, 0.15) is 11.5 Å². The molecule has 0 radical (unpaired) electrons. The second-order valence-electron chi connectivity index (χ2n) is 8.69. The molecule has 2 saturated carbocycles. The number of nitrogens with one attached hydrogen (secondary N) is 1. The third-order valence-corrected chi connectivity index (χ3v) is 6.77. The first-order valence-corrected chi connectivity index (χ1v) is 10.8. The van der Waals surface area contributed by atoms with E-state index in [1.165, 1.54) is 11.7 Å². The topological polar surface area (TPSA) is 125 Å². The molecular formula is C21H32N4O5. The van der Waals surface area contributed by atoms with E-state index in [-0.39, 0.29) is 29.9 Å². The van der Waals surface area contributed by atoms with Gasteiger partial charge in [0.05, 0.1) is 17.9 Å². The van der Waals surface area contributed by atoms with Gasteiger partial charge in [0, 0.05) is 13.1 Å². The summed E-state index contributed by atoms with van der Waals surface area (Å²) in [6.07, 6.45) is 4.93. The molecule has 2 aliphatic carbocycles. The van der Waals surface area contributed by atoms with Gasteiger partial charge in [-0.2, -0.15) is 0 Å². The fourth-order valence-corrected chi connectivity index (χ4v) is 5.23. The van der Waals surface area contributed by atoms with Crippen molar-refractivity contribution in [3.63, 3.8) is 0 Å². The van der Waals surface area contributed by atoms with Gasteiger partial charge in [-0.1, -0.05) is 20.3 Å². The van der Waals surface area contributed by atoms with Crippen molar-refractivity contribution in [1.29, 1.82) is 0 Å². The van der Waals surface area contributed by atoms with Gasteiger partial charge in [-0.05, 0) is 44.9 Å². The fraction of sp³-hybridized carbons (Fsp3) is 0.714. The number of methoxy groups -OCH3 is 1. The van der Waals surface area contributed by atoms with Gasteiger partial charge >= 0.3 is 11.7 Å². The van der Waals surface area contributed by atoms with Gasteiger partial charge in [0.15, 0.2) is 0 Å². The van der Waals surface area contributed by atoms with Crippen LogP contribution >= 0.6 is 0 Å². The first-order valence-electron chi connectivity index (χ1n) is 10.8. The number of hydrogen-bond donors (Lipinski definition) is 2. The first-order chi connectivity index (χ1) is 14.2. The molecule has 3 N–H and O–H groups in total. The highest BCUT2D eigenvalue weighted by molar-refractivity contribution is 5.98. The summed E-state index contributed by atoms with van der Waals surface area (Å²) >= 11 is 0. The Hall–Kier alpha value is -2.58. The Bertz CT molecular complexity index is 965. The Kier molecular flexibility index (Phi) is 6.10. The lowest BCUT2D eigenvalue weighted by atomic mass is 9.68. The maximum Gasteiger partial charge on any atom is 0.332 e. The number of ether oxygens (including phenoxy) is 1. The molecule has 2 unspecified atom stereocenters. The van der Waals surface area contributed by atoms with Gasteiger partial charge in [0.2, 0.25) is 5.91 Å². The number of hydrogen-bond acceptors (Lipinski definition) is 6. The van der Waals surface area contributed by atoms with Crippen molar-refractivity contribution in [2.75, 3.05) is 18.2 Å². The molecule has 0 saturated heterocycles. The van der Waals surface area contributed by atoms with Crippen molar-refractivity contribution in [2.45, 2.75) is 78.3 Å². The number of esters is 1. The Labute approximate surface area is 175 Å². The molecule has 30 heavy (non-hydrogen) atoms. The number of carbonyl (C=O) groups is 2. The van der Waals surface area contributed by atoms with Crippen LogP contribution in [0, 0.1) is 10.8 Å². The van der Waals surface area contributed by atoms with Gasteiger partial charge in [-0.3, -0.25) is 23.5 Å². The summed E-state index contributed by atoms with van der Waals surface area (Å²) in [6.45, 7) is 4.39. The molecule has 3 rings (SSSR count). The van der Waals surface area contributed by atoms with Gasteiger partial charge in [0.25, 0.3) is 5.56 Å². The number of nitrogens with two attached hydrogens (primary N) is 1. The standard InChI is InChI=1S/C21H32N4O5/c1-4-11-24-15(22)14(16(26)25(12-5-2)19(24)29)23-17(27)20-7-6-8-21(13-20,10-9-20)18(28)30-3/h4-13,22H2,1-3H3,(H,23,27). The summed E-state index contributed by atoms with van der Waals surface area (Å²) in [5.74, 6) is -0.586. The molecule has 1 aromatic heterocycles. The molecule has 2 bridgehead atoms. The lowest BCUT2D eigenvalue weighted by molar-refractivity contribution is -0.155. The van der Waals surface area contributed by atoms with E-state index >= 15 is 0 Å². The number of amides is 1. The maximum atomic E-state index is 13.4. The predicted octanol–water partition coefficient (Wildman–Crippen LogP) is 1.86. The number of nitrogens with zero attached hydrogens (tertiary/aromatic N) is 2.